The molecule has 0 unspecified atom stereocenters. The summed E-state index contributed by atoms with van der Waals surface area (Å²) in [6, 6.07) is 3.91. The number of aromatic hydroxyl groups is 1. The molecule has 0 spiro atoms. The Bertz CT molecular complexity index is 738. The molecule has 2 aromatic rings. The van der Waals surface area contributed by atoms with Gasteiger partial charge in [0, 0.05) is 24.2 Å². The second-order valence-electron chi connectivity index (χ2n) is 5.39. The molecule has 0 atom stereocenters. The van der Waals surface area contributed by atoms with Gasteiger partial charge in [0.25, 0.3) is 5.69 Å². The lowest BCUT2D eigenvalue weighted by Crippen LogP contribution is -2.01. The smallest absolute Gasteiger partial charge is 0.279 e. The molecule has 0 aliphatic heterocycles. The molecule has 1 fully saturated rings. The molecular formula is C15H14N2O4. The van der Waals surface area contributed by atoms with Crippen LogP contribution in [0.5, 0.6) is 5.75 Å². The Morgan fingerprint density at radius 2 is 2.19 bits per heavy atom. The average molecular weight is 286 g/mol. The molecule has 1 heterocycles. The number of aromatic nitrogens is 1. The van der Waals surface area contributed by atoms with Gasteiger partial charge in [-0.3, -0.25) is 19.9 Å². The van der Waals surface area contributed by atoms with Crippen LogP contribution in [0.15, 0.2) is 24.4 Å². The zero-order valence-electron chi connectivity index (χ0n) is 11.3. The summed E-state index contributed by atoms with van der Waals surface area (Å²) in [6.45, 7) is 0. The molecular weight excluding hydrogens is 272 g/mol. The van der Waals surface area contributed by atoms with Crippen molar-refractivity contribution >= 4 is 22.4 Å². The van der Waals surface area contributed by atoms with Gasteiger partial charge in [-0.1, -0.05) is 12.8 Å². The molecule has 0 saturated heterocycles. The maximum atomic E-state index is 12.1. The van der Waals surface area contributed by atoms with Crippen molar-refractivity contribution in [2.45, 2.75) is 25.7 Å². The van der Waals surface area contributed by atoms with E-state index in [4.69, 9.17) is 0 Å². The van der Waals surface area contributed by atoms with Crippen molar-refractivity contribution in [1.29, 1.82) is 0 Å². The van der Waals surface area contributed by atoms with Gasteiger partial charge in [-0.05, 0) is 24.5 Å². The van der Waals surface area contributed by atoms with Crippen molar-refractivity contribution in [3.8, 4) is 5.75 Å². The quantitative estimate of drug-likeness (QED) is 0.517. The Morgan fingerprint density at radius 3 is 2.86 bits per heavy atom. The molecule has 0 bridgehead atoms. The first-order chi connectivity index (χ1) is 10.1. The van der Waals surface area contributed by atoms with Crippen molar-refractivity contribution in [3.63, 3.8) is 0 Å². The Balaban J connectivity index is 1.99. The first-order valence-corrected chi connectivity index (χ1v) is 6.85. The number of benzene rings is 1. The van der Waals surface area contributed by atoms with Gasteiger partial charge in [-0.15, -0.1) is 0 Å². The minimum absolute atomic E-state index is 0.0612. The third-order valence-corrected chi connectivity index (χ3v) is 3.80. The summed E-state index contributed by atoms with van der Waals surface area (Å²) in [4.78, 5) is 26.6. The average Bonchev–Trinajstić information content (AvgIpc) is 3.28. The van der Waals surface area contributed by atoms with Gasteiger partial charge < -0.3 is 5.11 Å². The van der Waals surface area contributed by atoms with Gasteiger partial charge in [-0.25, -0.2) is 0 Å². The van der Waals surface area contributed by atoms with Crippen molar-refractivity contribution in [1.82, 2.24) is 4.98 Å². The number of phenolic OH excluding ortho intramolecular Hbond substituents is 1. The number of nitro benzene ring substituents is 1. The van der Waals surface area contributed by atoms with Crippen LogP contribution in [0.1, 0.15) is 36.0 Å². The van der Waals surface area contributed by atoms with Crippen LogP contribution in [0.3, 0.4) is 0 Å². The SMILES string of the molecule is O=C(CCC1CC1)c1cnc2c(O)ccc([N+](=O)[O-])c2c1. The molecule has 3 rings (SSSR count). The highest BCUT2D eigenvalue weighted by molar-refractivity contribution is 6.01. The predicted octanol–water partition coefficient (Wildman–Crippen LogP) is 3.22. The molecule has 1 N–H and O–H groups in total. The van der Waals surface area contributed by atoms with E-state index < -0.39 is 4.92 Å². The van der Waals surface area contributed by atoms with Crippen LogP contribution in [-0.2, 0) is 0 Å². The van der Waals surface area contributed by atoms with Gasteiger partial charge >= 0.3 is 0 Å². The molecule has 6 heteroatoms. The number of ketones is 1. The molecule has 6 nitrogen and oxygen atoms in total. The normalized spacial score (nSPS) is 14.3. The number of non-ortho nitro benzene ring substituents is 1. The minimum atomic E-state index is -0.540. The highest BCUT2D eigenvalue weighted by atomic mass is 16.6. The fraction of sp³-hybridized carbons (Fsp3) is 0.333. The third kappa shape index (κ3) is 2.69. The topological polar surface area (TPSA) is 93.3 Å². The van der Waals surface area contributed by atoms with E-state index in [0.717, 1.165) is 6.42 Å². The summed E-state index contributed by atoms with van der Waals surface area (Å²) >= 11 is 0. The van der Waals surface area contributed by atoms with Crippen LogP contribution in [0.25, 0.3) is 10.9 Å². The maximum Gasteiger partial charge on any atom is 0.279 e. The van der Waals surface area contributed by atoms with Crippen LogP contribution in [0, 0.1) is 16.0 Å². The van der Waals surface area contributed by atoms with Crippen molar-refractivity contribution in [2.75, 3.05) is 0 Å². The van der Waals surface area contributed by atoms with E-state index in [1.165, 1.54) is 37.2 Å². The van der Waals surface area contributed by atoms with Gasteiger partial charge in [-0.2, -0.15) is 0 Å². The van der Waals surface area contributed by atoms with Crippen LogP contribution in [0.2, 0.25) is 0 Å². The molecule has 0 amide bonds. The van der Waals surface area contributed by atoms with Crippen molar-refractivity contribution in [2.24, 2.45) is 5.92 Å². The summed E-state index contributed by atoms with van der Waals surface area (Å²) in [5, 5.41) is 21.0. The number of nitro groups is 1. The lowest BCUT2D eigenvalue weighted by molar-refractivity contribution is -0.383. The number of rotatable bonds is 5. The fourth-order valence-electron chi connectivity index (χ4n) is 2.39. The van der Waals surface area contributed by atoms with E-state index in [1.807, 2.05) is 0 Å². The van der Waals surface area contributed by atoms with E-state index in [-0.39, 0.29) is 28.1 Å². The number of hydrogen-bond donors (Lipinski definition) is 1. The van der Waals surface area contributed by atoms with E-state index >= 15 is 0 Å². The third-order valence-electron chi connectivity index (χ3n) is 3.80. The van der Waals surface area contributed by atoms with Gasteiger partial charge in [0.2, 0.25) is 0 Å². The monoisotopic (exact) mass is 286 g/mol. The van der Waals surface area contributed by atoms with Crippen LogP contribution < -0.4 is 0 Å². The molecule has 1 aromatic heterocycles. The fourth-order valence-corrected chi connectivity index (χ4v) is 2.39. The number of hydrogen-bond acceptors (Lipinski definition) is 5. The van der Waals surface area contributed by atoms with Gasteiger partial charge in [0.05, 0.1) is 10.3 Å². The highest BCUT2D eigenvalue weighted by Gasteiger charge is 2.23. The van der Waals surface area contributed by atoms with E-state index in [0.29, 0.717) is 17.9 Å². The number of Topliss-reactive ketones (excluding diaryl/α,β-unsaturated/α-hetero) is 1. The number of nitrogens with zero attached hydrogens (tertiary/aromatic N) is 2. The van der Waals surface area contributed by atoms with Crippen molar-refractivity contribution in [3.05, 3.63) is 40.1 Å². The second-order valence-corrected chi connectivity index (χ2v) is 5.39. The standard InChI is InChI=1S/C15H14N2O4/c18-13(5-3-9-1-2-9)10-7-11-12(17(20)21)4-6-14(19)15(11)16-8-10/h4,6-9,19H,1-3,5H2. The summed E-state index contributed by atoms with van der Waals surface area (Å²) < 4.78 is 0. The first-order valence-electron chi connectivity index (χ1n) is 6.85. The maximum absolute atomic E-state index is 12.1. The number of carbonyl (C=O) groups excluding carboxylic acids is 1. The van der Waals surface area contributed by atoms with Gasteiger partial charge in [0.1, 0.15) is 11.3 Å². The second kappa shape index (κ2) is 5.12. The summed E-state index contributed by atoms with van der Waals surface area (Å²) in [7, 11) is 0. The first kappa shape index (κ1) is 13.5. The van der Waals surface area contributed by atoms with Crippen LogP contribution in [-0.4, -0.2) is 20.8 Å². The number of pyridine rings is 1. The van der Waals surface area contributed by atoms with Crippen molar-refractivity contribution < 1.29 is 14.8 Å². The van der Waals surface area contributed by atoms with E-state index in [2.05, 4.69) is 4.98 Å². The molecule has 1 saturated carbocycles. The Hall–Kier alpha value is -2.50. The largest absolute Gasteiger partial charge is 0.506 e. The minimum Gasteiger partial charge on any atom is -0.506 e. The number of fused-ring (bicyclic) bond motifs is 1. The summed E-state index contributed by atoms with van der Waals surface area (Å²) in [6.07, 6.45) is 5.04. The molecule has 0 radical (unpaired) electrons. The number of phenols is 1. The Kier molecular flexibility index (Phi) is 3.29. The summed E-state index contributed by atoms with van der Waals surface area (Å²) in [5.74, 6) is 0.460. The zero-order valence-corrected chi connectivity index (χ0v) is 11.3. The zero-order chi connectivity index (χ0) is 15.0. The van der Waals surface area contributed by atoms with Gasteiger partial charge in [0.15, 0.2) is 5.78 Å². The summed E-state index contributed by atoms with van der Waals surface area (Å²) in [5.41, 5.74) is 0.340. The molecule has 1 aliphatic rings. The lowest BCUT2D eigenvalue weighted by Gasteiger charge is -2.04. The Labute approximate surface area is 120 Å². The van der Waals surface area contributed by atoms with E-state index in [9.17, 15) is 20.0 Å². The lowest BCUT2D eigenvalue weighted by atomic mass is 10.0. The Morgan fingerprint density at radius 1 is 1.43 bits per heavy atom. The molecule has 108 valence electrons. The molecule has 1 aliphatic carbocycles. The van der Waals surface area contributed by atoms with E-state index in [1.54, 1.807) is 0 Å². The molecule has 1 aromatic carbocycles. The predicted molar refractivity (Wildman–Crippen MR) is 76.4 cm³/mol. The molecule has 21 heavy (non-hydrogen) atoms. The van der Waals surface area contributed by atoms with Crippen LogP contribution >= 0.6 is 0 Å². The highest BCUT2D eigenvalue weighted by Crippen LogP contribution is 2.34. The van der Waals surface area contributed by atoms with Crippen LogP contribution in [0.4, 0.5) is 5.69 Å². The number of carbonyl (C=O) groups is 1.